The Kier molecular flexibility index (Phi) is 4.91. The van der Waals surface area contributed by atoms with E-state index >= 15 is 0 Å². The van der Waals surface area contributed by atoms with Gasteiger partial charge in [-0.05, 0) is 57.1 Å². The fraction of sp³-hybridized carbons (Fsp3) is 0.571. The summed E-state index contributed by atoms with van der Waals surface area (Å²) >= 11 is 12.3. The van der Waals surface area contributed by atoms with Crippen molar-refractivity contribution in [2.45, 2.75) is 31.8 Å². The molecule has 0 aliphatic carbocycles. The molecule has 2 nitrogen and oxygen atoms in total. The molecule has 2 atom stereocenters. The van der Waals surface area contributed by atoms with Gasteiger partial charge in [-0.1, -0.05) is 23.2 Å². The molecule has 0 bridgehead atoms. The van der Waals surface area contributed by atoms with Crippen molar-refractivity contribution in [2.75, 3.05) is 20.1 Å². The summed E-state index contributed by atoms with van der Waals surface area (Å²) in [5.41, 5.74) is 1.08. The number of piperidine rings is 1. The summed E-state index contributed by atoms with van der Waals surface area (Å²) in [7, 11) is 2.17. The molecule has 2 unspecified atom stereocenters. The van der Waals surface area contributed by atoms with Crippen molar-refractivity contribution in [3.05, 3.63) is 33.8 Å². The van der Waals surface area contributed by atoms with Gasteiger partial charge < -0.3 is 10.2 Å². The standard InChI is InChI=1S/C14H20Cl2N2/c1-10(13-8-11(15)5-6-14(13)16)17-12-4-3-7-18(2)9-12/h5-6,8,10,12,17H,3-4,7,9H2,1-2H3. The Morgan fingerprint density at radius 2 is 2.17 bits per heavy atom. The predicted molar refractivity (Wildman–Crippen MR) is 78.5 cm³/mol. The highest BCUT2D eigenvalue weighted by molar-refractivity contribution is 6.33. The molecule has 1 heterocycles. The molecule has 1 aliphatic rings. The fourth-order valence-electron chi connectivity index (χ4n) is 2.59. The average molecular weight is 287 g/mol. The summed E-state index contributed by atoms with van der Waals surface area (Å²) in [4.78, 5) is 2.37. The van der Waals surface area contributed by atoms with Gasteiger partial charge in [0.25, 0.3) is 0 Å². The number of likely N-dealkylation sites (N-methyl/N-ethyl adjacent to an activating group) is 1. The Bertz CT molecular complexity index is 409. The molecule has 0 amide bonds. The van der Waals surface area contributed by atoms with E-state index in [9.17, 15) is 0 Å². The molecule has 4 heteroatoms. The van der Waals surface area contributed by atoms with Gasteiger partial charge in [-0.15, -0.1) is 0 Å². The van der Waals surface area contributed by atoms with E-state index in [0.717, 1.165) is 22.2 Å². The van der Waals surface area contributed by atoms with Crippen LogP contribution in [0, 0.1) is 0 Å². The van der Waals surface area contributed by atoms with E-state index in [1.807, 2.05) is 18.2 Å². The lowest BCUT2D eigenvalue weighted by molar-refractivity contribution is 0.218. The van der Waals surface area contributed by atoms with Gasteiger partial charge in [0, 0.05) is 28.7 Å². The van der Waals surface area contributed by atoms with Crippen molar-refractivity contribution in [1.82, 2.24) is 10.2 Å². The molecule has 1 saturated heterocycles. The van der Waals surface area contributed by atoms with Crippen LogP contribution in [0.25, 0.3) is 0 Å². The summed E-state index contributed by atoms with van der Waals surface area (Å²) in [6.45, 7) is 4.44. The minimum atomic E-state index is 0.229. The molecular weight excluding hydrogens is 267 g/mol. The molecule has 2 rings (SSSR count). The van der Waals surface area contributed by atoms with Crippen molar-refractivity contribution in [3.8, 4) is 0 Å². The first-order valence-electron chi connectivity index (χ1n) is 6.46. The first-order valence-corrected chi connectivity index (χ1v) is 7.21. The molecule has 0 spiro atoms. The maximum atomic E-state index is 6.23. The monoisotopic (exact) mass is 286 g/mol. The maximum absolute atomic E-state index is 6.23. The van der Waals surface area contributed by atoms with Gasteiger partial charge in [-0.2, -0.15) is 0 Å². The molecule has 0 aromatic heterocycles. The first-order chi connectivity index (χ1) is 8.56. The predicted octanol–water partition coefficient (Wildman–Crippen LogP) is 3.74. The molecule has 100 valence electrons. The van der Waals surface area contributed by atoms with Crippen LogP contribution in [0.15, 0.2) is 18.2 Å². The Morgan fingerprint density at radius 1 is 1.39 bits per heavy atom. The average Bonchev–Trinajstić information content (AvgIpc) is 2.32. The van der Waals surface area contributed by atoms with Crippen molar-refractivity contribution >= 4 is 23.2 Å². The number of hydrogen-bond donors (Lipinski definition) is 1. The smallest absolute Gasteiger partial charge is 0.0454 e. The second kappa shape index (κ2) is 6.25. The van der Waals surface area contributed by atoms with E-state index in [1.165, 1.54) is 19.4 Å². The molecule has 1 aromatic carbocycles. The number of rotatable bonds is 3. The SMILES string of the molecule is CC(NC1CCCN(C)C1)c1cc(Cl)ccc1Cl. The quantitative estimate of drug-likeness (QED) is 0.911. The third-order valence-electron chi connectivity index (χ3n) is 3.53. The van der Waals surface area contributed by atoms with Crippen LogP contribution in [0.5, 0.6) is 0 Å². The van der Waals surface area contributed by atoms with Crippen LogP contribution in [0.3, 0.4) is 0 Å². The molecule has 1 aromatic rings. The molecule has 1 fully saturated rings. The number of benzene rings is 1. The number of nitrogens with one attached hydrogen (secondary N) is 1. The third-order valence-corrected chi connectivity index (χ3v) is 4.11. The lowest BCUT2D eigenvalue weighted by Crippen LogP contribution is -2.44. The van der Waals surface area contributed by atoms with Crippen molar-refractivity contribution in [3.63, 3.8) is 0 Å². The Labute approximate surface area is 119 Å². The van der Waals surface area contributed by atoms with Gasteiger partial charge >= 0.3 is 0 Å². The van der Waals surface area contributed by atoms with Crippen LogP contribution >= 0.6 is 23.2 Å². The van der Waals surface area contributed by atoms with Crippen molar-refractivity contribution < 1.29 is 0 Å². The minimum Gasteiger partial charge on any atom is -0.306 e. The topological polar surface area (TPSA) is 15.3 Å². The van der Waals surface area contributed by atoms with Gasteiger partial charge in [0.05, 0.1) is 0 Å². The molecule has 0 saturated carbocycles. The Morgan fingerprint density at radius 3 is 2.89 bits per heavy atom. The zero-order valence-corrected chi connectivity index (χ0v) is 12.4. The second-order valence-corrected chi connectivity index (χ2v) is 6.00. The summed E-state index contributed by atoms with van der Waals surface area (Å²) in [6, 6.07) is 6.41. The van der Waals surface area contributed by atoms with Crippen LogP contribution in [0.2, 0.25) is 10.0 Å². The summed E-state index contributed by atoms with van der Waals surface area (Å²) in [5.74, 6) is 0. The molecule has 1 aliphatic heterocycles. The van der Waals surface area contributed by atoms with E-state index in [-0.39, 0.29) is 6.04 Å². The highest BCUT2D eigenvalue weighted by Gasteiger charge is 2.20. The lowest BCUT2D eigenvalue weighted by Gasteiger charge is -2.32. The van der Waals surface area contributed by atoms with E-state index < -0.39 is 0 Å². The van der Waals surface area contributed by atoms with Crippen LogP contribution in [-0.2, 0) is 0 Å². The highest BCUT2D eigenvalue weighted by Crippen LogP contribution is 2.27. The highest BCUT2D eigenvalue weighted by atomic mass is 35.5. The third kappa shape index (κ3) is 3.61. The number of halogens is 2. The van der Waals surface area contributed by atoms with Crippen LogP contribution in [-0.4, -0.2) is 31.1 Å². The van der Waals surface area contributed by atoms with Gasteiger partial charge in [0.1, 0.15) is 0 Å². The maximum Gasteiger partial charge on any atom is 0.0454 e. The van der Waals surface area contributed by atoms with Crippen molar-refractivity contribution in [2.24, 2.45) is 0 Å². The van der Waals surface area contributed by atoms with Crippen LogP contribution in [0.1, 0.15) is 31.4 Å². The van der Waals surface area contributed by atoms with E-state index in [4.69, 9.17) is 23.2 Å². The zero-order valence-electron chi connectivity index (χ0n) is 10.9. The largest absolute Gasteiger partial charge is 0.306 e. The zero-order chi connectivity index (χ0) is 13.1. The molecule has 1 N–H and O–H groups in total. The minimum absolute atomic E-state index is 0.229. The Hall–Kier alpha value is -0.280. The molecular formula is C14H20Cl2N2. The lowest BCUT2D eigenvalue weighted by atomic mass is 10.0. The summed E-state index contributed by atoms with van der Waals surface area (Å²) < 4.78 is 0. The summed E-state index contributed by atoms with van der Waals surface area (Å²) in [6.07, 6.45) is 2.48. The molecule has 0 radical (unpaired) electrons. The number of likely N-dealkylation sites (tertiary alicyclic amines) is 1. The van der Waals surface area contributed by atoms with Crippen LogP contribution < -0.4 is 5.32 Å². The second-order valence-electron chi connectivity index (χ2n) is 5.16. The first kappa shape index (κ1) is 14.1. The van der Waals surface area contributed by atoms with Crippen molar-refractivity contribution in [1.29, 1.82) is 0 Å². The number of nitrogens with zero attached hydrogens (tertiary/aromatic N) is 1. The van der Waals surface area contributed by atoms with Gasteiger partial charge in [-0.25, -0.2) is 0 Å². The number of hydrogen-bond acceptors (Lipinski definition) is 2. The van der Waals surface area contributed by atoms with Gasteiger partial charge in [-0.3, -0.25) is 0 Å². The summed E-state index contributed by atoms with van der Waals surface area (Å²) in [5, 5.41) is 5.17. The molecule has 18 heavy (non-hydrogen) atoms. The van der Waals surface area contributed by atoms with E-state index in [2.05, 4.69) is 24.2 Å². The normalized spacial score (nSPS) is 23.0. The van der Waals surface area contributed by atoms with Gasteiger partial charge in [0.2, 0.25) is 0 Å². The van der Waals surface area contributed by atoms with Gasteiger partial charge in [0.15, 0.2) is 0 Å². The fourth-order valence-corrected chi connectivity index (χ4v) is 3.05. The van der Waals surface area contributed by atoms with E-state index in [1.54, 1.807) is 0 Å². The van der Waals surface area contributed by atoms with Crippen LogP contribution in [0.4, 0.5) is 0 Å². The Balaban J connectivity index is 2.02. The van der Waals surface area contributed by atoms with E-state index in [0.29, 0.717) is 6.04 Å².